The van der Waals surface area contributed by atoms with E-state index in [1.54, 1.807) is 48.8 Å². The number of rotatable bonds is 3. The van der Waals surface area contributed by atoms with Gasteiger partial charge in [-0.15, -0.1) is 0 Å². The van der Waals surface area contributed by atoms with Crippen LogP contribution in [0.2, 0.25) is 0 Å². The first-order chi connectivity index (χ1) is 14.5. The summed E-state index contributed by atoms with van der Waals surface area (Å²) in [5, 5.41) is 21.4. The molecule has 0 fully saturated rings. The Kier molecular flexibility index (Phi) is 3.82. The lowest BCUT2D eigenvalue weighted by Gasteiger charge is -2.26. The summed E-state index contributed by atoms with van der Waals surface area (Å²) in [6.45, 7) is 1.30. The number of amides is 1. The van der Waals surface area contributed by atoms with Crippen molar-refractivity contribution in [3.8, 4) is 5.75 Å². The molecule has 30 heavy (non-hydrogen) atoms. The van der Waals surface area contributed by atoms with Crippen LogP contribution in [0.15, 0.2) is 66.2 Å². The molecule has 0 radical (unpaired) electrons. The zero-order valence-electron chi connectivity index (χ0n) is 15.8. The third-order valence-corrected chi connectivity index (χ3v) is 5.27. The molecule has 2 aromatic carbocycles. The van der Waals surface area contributed by atoms with Gasteiger partial charge in [-0.2, -0.15) is 0 Å². The molecule has 1 amide bonds. The van der Waals surface area contributed by atoms with E-state index in [2.05, 4.69) is 15.0 Å². The maximum atomic E-state index is 13.0. The molecule has 1 unspecified atom stereocenters. The minimum Gasteiger partial charge on any atom is -0.506 e. The van der Waals surface area contributed by atoms with Crippen LogP contribution >= 0.6 is 0 Å². The minimum atomic E-state index is -0.935. The number of fused-ring (bicyclic) bond motifs is 2. The number of pyridine rings is 1. The monoisotopic (exact) mass is 400 g/mol. The van der Waals surface area contributed by atoms with E-state index in [9.17, 15) is 19.8 Å². The van der Waals surface area contributed by atoms with Gasteiger partial charge in [-0.3, -0.25) is 14.5 Å². The SMILES string of the molecule is CC(=O)C1=C(O)C(=O)N(c2ccc3[nH]cnc3c2)C1c1ccc2cccc(O)c2n1. The zero-order valence-corrected chi connectivity index (χ0v) is 15.8. The number of carbonyl (C=O) groups is 2. The van der Waals surface area contributed by atoms with Crippen molar-refractivity contribution in [2.75, 3.05) is 4.90 Å². The molecule has 1 aliphatic rings. The molecule has 148 valence electrons. The van der Waals surface area contributed by atoms with Crippen molar-refractivity contribution in [2.24, 2.45) is 0 Å². The van der Waals surface area contributed by atoms with E-state index < -0.39 is 23.5 Å². The van der Waals surface area contributed by atoms with Gasteiger partial charge in [0.25, 0.3) is 5.91 Å². The van der Waals surface area contributed by atoms with E-state index in [-0.39, 0.29) is 11.3 Å². The quantitative estimate of drug-likeness (QED) is 0.485. The number of aromatic hydroxyl groups is 1. The van der Waals surface area contributed by atoms with Gasteiger partial charge in [0.05, 0.1) is 28.6 Å². The molecular weight excluding hydrogens is 384 g/mol. The summed E-state index contributed by atoms with van der Waals surface area (Å²) in [7, 11) is 0. The lowest BCUT2D eigenvalue weighted by atomic mass is 9.99. The first kappa shape index (κ1) is 17.9. The highest BCUT2D eigenvalue weighted by molar-refractivity contribution is 6.16. The summed E-state index contributed by atoms with van der Waals surface area (Å²) in [6.07, 6.45) is 1.54. The van der Waals surface area contributed by atoms with Crippen molar-refractivity contribution >= 4 is 39.3 Å². The number of imidazole rings is 1. The Labute approximate surface area is 170 Å². The fraction of sp³-hybridized carbons (Fsp3) is 0.0909. The predicted molar refractivity (Wildman–Crippen MR) is 110 cm³/mol. The summed E-state index contributed by atoms with van der Waals surface area (Å²) >= 11 is 0. The number of ketones is 1. The maximum Gasteiger partial charge on any atom is 0.294 e. The van der Waals surface area contributed by atoms with Crippen LogP contribution in [0.1, 0.15) is 18.7 Å². The molecule has 8 heteroatoms. The van der Waals surface area contributed by atoms with Gasteiger partial charge < -0.3 is 15.2 Å². The number of hydrogen-bond donors (Lipinski definition) is 3. The highest BCUT2D eigenvalue weighted by Gasteiger charge is 2.44. The highest BCUT2D eigenvalue weighted by atomic mass is 16.3. The Balaban J connectivity index is 1.73. The molecule has 3 heterocycles. The molecule has 1 atom stereocenters. The number of nitrogens with one attached hydrogen (secondary N) is 1. The fourth-order valence-corrected chi connectivity index (χ4v) is 3.88. The smallest absolute Gasteiger partial charge is 0.294 e. The van der Waals surface area contributed by atoms with Crippen LogP contribution in [0, 0.1) is 0 Å². The normalized spacial score (nSPS) is 16.8. The van der Waals surface area contributed by atoms with Gasteiger partial charge in [0.2, 0.25) is 0 Å². The van der Waals surface area contributed by atoms with E-state index >= 15 is 0 Å². The van der Waals surface area contributed by atoms with Gasteiger partial charge >= 0.3 is 0 Å². The van der Waals surface area contributed by atoms with E-state index in [0.717, 1.165) is 5.52 Å². The maximum absolute atomic E-state index is 13.0. The number of aromatic amines is 1. The van der Waals surface area contributed by atoms with Crippen LogP contribution in [0.5, 0.6) is 5.75 Å². The molecule has 8 nitrogen and oxygen atoms in total. The van der Waals surface area contributed by atoms with Gasteiger partial charge in [-0.05, 0) is 37.3 Å². The molecule has 0 aliphatic carbocycles. The Bertz CT molecular complexity index is 1390. The van der Waals surface area contributed by atoms with E-state index in [1.807, 2.05) is 0 Å². The number of nitrogens with zero attached hydrogens (tertiary/aromatic N) is 3. The van der Waals surface area contributed by atoms with Crippen LogP contribution in [0.25, 0.3) is 21.9 Å². The van der Waals surface area contributed by atoms with Crippen LogP contribution in [-0.2, 0) is 9.59 Å². The number of phenols is 1. The third kappa shape index (κ3) is 2.54. The standard InChI is InChI=1S/C22H16N4O4/c1-11(27)18-20(15-7-5-12-3-2-4-17(28)19(12)25-15)26(22(30)21(18)29)13-6-8-14-16(9-13)24-10-23-14/h2-10,20,28-29H,1H3,(H,23,24). The Morgan fingerprint density at radius 2 is 1.97 bits per heavy atom. The van der Waals surface area contributed by atoms with Crippen LogP contribution in [0.3, 0.4) is 0 Å². The molecule has 0 spiro atoms. The van der Waals surface area contributed by atoms with Crippen molar-refractivity contribution in [1.29, 1.82) is 0 Å². The van der Waals surface area contributed by atoms with Crippen molar-refractivity contribution in [2.45, 2.75) is 13.0 Å². The third-order valence-electron chi connectivity index (χ3n) is 5.27. The number of H-pyrrole nitrogens is 1. The summed E-state index contributed by atoms with van der Waals surface area (Å²) in [5.74, 6) is -1.75. The summed E-state index contributed by atoms with van der Waals surface area (Å²) in [6, 6.07) is 12.7. The average molecular weight is 400 g/mol. The number of phenolic OH excluding ortho intramolecular Hbond substituents is 1. The van der Waals surface area contributed by atoms with E-state index in [4.69, 9.17) is 0 Å². The van der Waals surface area contributed by atoms with Gasteiger partial charge in [0.15, 0.2) is 11.5 Å². The molecule has 0 saturated heterocycles. The van der Waals surface area contributed by atoms with E-state index in [0.29, 0.717) is 27.8 Å². The number of benzene rings is 2. The Morgan fingerprint density at radius 3 is 2.77 bits per heavy atom. The number of para-hydroxylation sites is 1. The second-order valence-corrected chi connectivity index (χ2v) is 7.09. The molecule has 0 saturated carbocycles. The molecule has 4 aromatic rings. The number of aliphatic hydroxyl groups excluding tert-OH is 1. The second kappa shape index (κ2) is 6.41. The average Bonchev–Trinajstić information content (AvgIpc) is 3.30. The van der Waals surface area contributed by atoms with Crippen molar-refractivity contribution in [1.82, 2.24) is 15.0 Å². The van der Waals surface area contributed by atoms with Crippen LogP contribution in [-0.4, -0.2) is 36.9 Å². The zero-order chi connectivity index (χ0) is 21.0. The lowest BCUT2D eigenvalue weighted by molar-refractivity contribution is -0.117. The van der Waals surface area contributed by atoms with Gasteiger partial charge in [-0.1, -0.05) is 18.2 Å². The molecular formula is C22H16N4O4. The number of carbonyl (C=O) groups excluding carboxylic acids is 2. The summed E-state index contributed by atoms with van der Waals surface area (Å²) in [4.78, 5) is 38.4. The molecule has 3 N–H and O–H groups in total. The van der Waals surface area contributed by atoms with Crippen LogP contribution in [0.4, 0.5) is 5.69 Å². The Hall–Kier alpha value is -4.20. The van der Waals surface area contributed by atoms with Gasteiger partial charge in [0, 0.05) is 11.1 Å². The molecule has 2 aromatic heterocycles. The molecule has 5 rings (SSSR count). The van der Waals surface area contributed by atoms with Crippen molar-refractivity contribution < 1.29 is 19.8 Å². The van der Waals surface area contributed by atoms with Gasteiger partial charge in [-0.25, -0.2) is 9.97 Å². The first-order valence-electron chi connectivity index (χ1n) is 9.25. The van der Waals surface area contributed by atoms with Crippen molar-refractivity contribution in [3.63, 3.8) is 0 Å². The number of aromatic nitrogens is 3. The van der Waals surface area contributed by atoms with Gasteiger partial charge in [0.1, 0.15) is 17.3 Å². The molecule has 0 bridgehead atoms. The number of anilines is 1. The topological polar surface area (TPSA) is 119 Å². The number of Topliss-reactive ketones (excluding diaryl/α,β-unsaturated/α-hetero) is 1. The summed E-state index contributed by atoms with van der Waals surface area (Å²) in [5.41, 5.74) is 2.56. The minimum absolute atomic E-state index is 0.0132. The first-order valence-corrected chi connectivity index (χ1v) is 9.25. The van der Waals surface area contributed by atoms with Crippen molar-refractivity contribution in [3.05, 3.63) is 71.9 Å². The van der Waals surface area contributed by atoms with Crippen LogP contribution < -0.4 is 4.90 Å². The number of aliphatic hydroxyl groups is 1. The Morgan fingerprint density at radius 1 is 1.13 bits per heavy atom. The summed E-state index contributed by atoms with van der Waals surface area (Å²) < 4.78 is 0. The predicted octanol–water partition coefficient (Wildman–Crippen LogP) is 3.31. The molecule has 1 aliphatic heterocycles. The fourth-order valence-electron chi connectivity index (χ4n) is 3.88. The number of hydrogen-bond acceptors (Lipinski definition) is 6. The lowest BCUT2D eigenvalue weighted by Crippen LogP contribution is -2.31. The second-order valence-electron chi connectivity index (χ2n) is 7.09. The highest BCUT2D eigenvalue weighted by Crippen LogP contribution is 2.41. The largest absolute Gasteiger partial charge is 0.506 e. The van der Waals surface area contributed by atoms with E-state index in [1.165, 1.54) is 17.9 Å².